The average molecular weight is 738 g/mol. The maximum absolute atomic E-state index is 7.06. The molecule has 1 unspecified atom stereocenters. The topological polar surface area (TPSA) is 25.8 Å². The highest BCUT2D eigenvalue weighted by molar-refractivity contribution is 6.89. The van der Waals surface area contributed by atoms with Crippen molar-refractivity contribution in [1.82, 2.24) is 4.57 Å². The van der Waals surface area contributed by atoms with Crippen molar-refractivity contribution >= 4 is 46.2 Å². The zero-order chi connectivity index (χ0) is 38.4. The molecule has 0 amide bonds. The van der Waals surface area contributed by atoms with Gasteiger partial charge in [-0.1, -0.05) is 121 Å². The van der Waals surface area contributed by atoms with Crippen LogP contribution < -0.4 is 14.3 Å². The molecule has 10 rings (SSSR count). The van der Waals surface area contributed by atoms with E-state index in [1.165, 1.54) is 61.0 Å². The standard InChI is InChI=1S/C50H51N3OSi/c1-31-23-24-35-38(27-31)50(51-30-44(55(8,9)10)32(28-42(35)51)29-48(2,3)4)37-26-25-34-33-17-11-16-22-43(33)54-46(34)45(37)47-52(40-20-14-15-21-41(40)53(47)50)39-19-13-12-18-36(39)49(5,6)7/h11-28,30H,29H2,1-10H3/q+2. The summed E-state index contributed by atoms with van der Waals surface area (Å²) >= 11 is 0. The van der Waals surface area contributed by atoms with Crippen LogP contribution in [0.1, 0.15) is 69.4 Å². The van der Waals surface area contributed by atoms with Gasteiger partial charge in [0.25, 0.3) is 0 Å². The lowest BCUT2D eigenvalue weighted by atomic mass is 9.85. The van der Waals surface area contributed by atoms with Crippen molar-refractivity contribution in [1.29, 1.82) is 0 Å². The second-order valence-electron chi connectivity index (χ2n) is 19.4. The molecule has 3 aromatic heterocycles. The SMILES string of the molecule is Cc1ccc2c(c1)C1(c3ccc4c(oc5ccccc54)c3-c3n(-c4ccccc4C(C)(C)C)c4ccccc4[n+]31)[n+]1cc([Si](C)(C)C)c(CC(C)(C)C)cc1-2. The molecule has 0 radical (unpaired) electrons. The third-order valence-electron chi connectivity index (χ3n) is 12.1. The number of aromatic nitrogens is 3. The van der Waals surface area contributed by atoms with Gasteiger partial charge in [0.2, 0.25) is 5.69 Å². The van der Waals surface area contributed by atoms with Gasteiger partial charge in [-0.3, -0.25) is 0 Å². The lowest BCUT2D eigenvalue weighted by Crippen LogP contribution is -2.72. The van der Waals surface area contributed by atoms with Crippen LogP contribution in [0.3, 0.4) is 0 Å². The van der Waals surface area contributed by atoms with Gasteiger partial charge in [-0.2, -0.15) is 4.57 Å². The van der Waals surface area contributed by atoms with Crippen LogP contribution in [0.5, 0.6) is 0 Å². The van der Waals surface area contributed by atoms with E-state index in [4.69, 9.17) is 4.42 Å². The van der Waals surface area contributed by atoms with E-state index in [1.54, 1.807) is 0 Å². The second kappa shape index (κ2) is 11.2. The van der Waals surface area contributed by atoms with Crippen LogP contribution in [0.2, 0.25) is 19.6 Å². The van der Waals surface area contributed by atoms with E-state index in [0.29, 0.717) is 0 Å². The van der Waals surface area contributed by atoms with Crippen molar-refractivity contribution in [3.05, 3.63) is 143 Å². The molecule has 5 heteroatoms. The molecular formula is C50H51N3OSi+2. The van der Waals surface area contributed by atoms with E-state index in [9.17, 15) is 0 Å². The number of aryl methyl sites for hydroxylation is 1. The second-order valence-corrected chi connectivity index (χ2v) is 24.4. The first-order valence-corrected chi connectivity index (χ1v) is 23.4. The summed E-state index contributed by atoms with van der Waals surface area (Å²) < 4.78 is 15.0. The summed E-state index contributed by atoms with van der Waals surface area (Å²) in [5, 5.41) is 3.82. The third-order valence-corrected chi connectivity index (χ3v) is 14.2. The first kappa shape index (κ1) is 34.2. The highest BCUT2D eigenvalue weighted by Gasteiger charge is 2.67. The van der Waals surface area contributed by atoms with Gasteiger partial charge in [0.1, 0.15) is 16.8 Å². The van der Waals surface area contributed by atoms with E-state index in [2.05, 4.69) is 197 Å². The number of rotatable bonds is 3. The van der Waals surface area contributed by atoms with Crippen LogP contribution in [0.4, 0.5) is 0 Å². The Balaban J connectivity index is 1.47. The Labute approximate surface area is 325 Å². The molecule has 55 heavy (non-hydrogen) atoms. The fourth-order valence-electron chi connectivity index (χ4n) is 9.95. The predicted molar refractivity (Wildman–Crippen MR) is 229 cm³/mol. The molecule has 8 aromatic rings. The first-order valence-electron chi connectivity index (χ1n) is 19.9. The highest BCUT2D eigenvalue weighted by Crippen LogP contribution is 2.53. The molecule has 0 saturated heterocycles. The largest absolute Gasteiger partial charge is 0.455 e. The minimum atomic E-state index is -1.83. The Morgan fingerprint density at radius 2 is 1.47 bits per heavy atom. The maximum Gasteiger partial charge on any atom is 0.364 e. The fourth-order valence-corrected chi connectivity index (χ4v) is 11.6. The Kier molecular flexibility index (Phi) is 6.95. The third kappa shape index (κ3) is 4.69. The van der Waals surface area contributed by atoms with E-state index >= 15 is 0 Å². The monoisotopic (exact) mass is 737 g/mol. The van der Waals surface area contributed by atoms with Gasteiger partial charge in [0, 0.05) is 27.6 Å². The normalized spacial score (nSPS) is 16.3. The summed E-state index contributed by atoms with van der Waals surface area (Å²) in [6, 6.07) is 41.0. The van der Waals surface area contributed by atoms with E-state index in [0.717, 1.165) is 39.7 Å². The van der Waals surface area contributed by atoms with Crippen molar-refractivity contribution in [2.24, 2.45) is 5.41 Å². The van der Waals surface area contributed by atoms with Gasteiger partial charge >= 0.3 is 11.5 Å². The van der Waals surface area contributed by atoms with Crippen molar-refractivity contribution < 1.29 is 13.6 Å². The number of furan rings is 1. The Bertz CT molecular complexity index is 2920. The van der Waals surface area contributed by atoms with Gasteiger partial charge in [-0.15, -0.1) is 9.13 Å². The predicted octanol–water partition coefficient (Wildman–Crippen LogP) is 11.1. The molecule has 2 aliphatic rings. The van der Waals surface area contributed by atoms with Crippen LogP contribution in [-0.4, -0.2) is 12.6 Å². The molecule has 0 aliphatic carbocycles. The van der Waals surface area contributed by atoms with Gasteiger partial charge < -0.3 is 4.42 Å². The average Bonchev–Trinajstić information content (AvgIpc) is 3.83. The molecule has 1 atom stereocenters. The fraction of sp³-hybridized carbons (Fsp3) is 0.280. The molecule has 274 valence electrons. The quantitative estimate of drug-likeness (QED) is 0.131. The van der Waals surface area contributed by atoms with Crippen molar-refractivity contribution in [2.45, 2.75) is 85.6 Å². The molecule has 5 aromatic carbocycles. The lowest BCUT2D eigenvalue weighted by Gasteiger charge is -2.26. The summed E-state index contributed by atoms with van der Waals surface area (Å²) in [6.07, 6.45) is 3.62. The van der Waals surface area contributed by atoms with Crippen molar-refractivity contribution in [3.8, 4) is 28.3 Å². The molecule has 0 N–H and O–H groups in total. The minimum absolute atomic E-state index is 0.0852. The van der Waals surface area contributed by atoms with Crippen LogP contribution in [0, 0.1) is 12.3 Å². The van der Waals surface area contributed by atoms with E-state index in [1.807, 2.05) is 0 Å². The van der Waals surface area contributed by atoms with E-state index in [-0.39, 0.29) is 10.8 Å². The number of imidazole rings is 1. The van der Waals surface area contributed by atoms with E-state index < -0.39 is 13.7 Å². The summed E-state index contributed by atoms with van der Waals surface area (Å²) in [4.78, 5) is 0. The van der Waals surface area contributed by atoms with Crippen molar-refractivity contribution in [2.75, 3.05) is 0 Å². The summed E-state index contributed by atoms with van der Waals surface area (Å²) in [5.74, 6) is 1.15. The highest BCUT2D eigenvalue weighted by atomic mass is 28.3. The molecule has 0 bridgehead atoms. The molecule has 1 spiro atoms. The number of hydrogen-bond donors (Lipinski definition) is 0. The van der Waals surface area contributed by atoms with Crippen LogP contribution in [0.25, 0.3) is 61.3 Å². The van der Waals surface area contributed by atoms with Gasteiger partial charge in [-0.25, -0.2) is 0 Å². The molecule has 0 saturated carbocycles. The summed E-state index contributed by atoms with van der Waals surface area (Å²) in [7, 11) is -1.83. The molecule has 0 fully saturated rings. The Morgan fingerprint density at radius 3 is 2.24 bits per heavy atom. The van der Waals surface area contributed by atoms with Gasteiger partial charge in [0.05, 0.1) is 24.8 Å². The molecule has 4 nitrogen and oxygen atoms in total. The summed E-state index contributed by atoms with van der Waals surface area (Å²) in [5.41, 5.74) is 15.2. The van der Waals surface area contributed by atoms with Crippen LogP contribution in [0.15, 0.2) is 120 Å². The number of pyridine rings is 1. The van der Waals surface area contributed by atoms with Gasteiger partial charge in [0.15, 0.2) is 22.8 Å². The number of hydrogen-bond acceptors (Lipinski definition) is 1. The number of para-hydroxylation sites is 4. The zero-order valence-corrected chi connectivity index (χ0v) is 34.9. The van der Waals surface area contributed by atoms with Gasteiger partial charge in [-0.05, 0) is 78.3 Å². The van der Waals surface area contributed by atoms with Crippen molar-refractivity contribution in [3.63, 3.8) is 0 Å². The molecule has 5 heterocycles. The molecule has 2 aliphatic heterocycles. The minimum Gasteiger partial charge on any atom is -0.455 e. The smallest absolute Gasteiger partial charge is 0.364 e. The number of fused-ring (bicyclic) bond motifs is 16. The number of nitrogens with zero attached hydrogens (tertiary/aromatic N) is 3. The van der Waals surface area contributed by atoms with Crippen LogP contribution >= 0.6 is 0 Å². The Hall–Kier alpha value is -5.26. The van der Waals surface area contributed by atoms with Crippen LogP contribution in [-0.2, 0) is 17.5 Å². The maximum atomic E-state index is 7.06. The Morgan fingerprint density at radius 1 is 0.745 bits per heavy atom. The zero-order valence-electron chi connectivity index (χ0n) is 33.9. The molecular weight excluding hydrogens is 687 g/mol. The number of benzene rings is 5. The first-order chi connectivity index (χ1) is 26.1. The lowest BCUT2D eigenvalue weighted by molar-refractivity contribution is -0.944. The summed E-state index contributed by atoms with van der Waals surface area (Å²) in [6.45, 7) is 23.9.